The maximum absolute atomic E-state index is 5.84. The Morgan fingerprint density at radius 1 is 1.21 bits per heavy atom. The summed E-state index contributed by atoms with van der Waals surface area (Å²) in [5.41, 5.74) is 2.17. The van der Waals surface area contributed by atoms with Crippen LogP contribution in [0.3, 0.4) is 0 Å². The van der Waals surface area contributed by atoms with Gasteiger partial charge in [-0.05, 0) is 40.5 Å². The summed E-state index contributed by atoms with van der Waals surface area (Å²) in [4.78, 5) is 4.49. The second-order valence-electron chi connectivity index (χ2n) is 4.26. The molecule has 1 aromatic heterocycles. The molecular weight excluding hydrogens is 322 g/mol. The van der Waals surface area contributed by atoms with Crippen LogP contribution >= 0.6 is 27.3 Å². The fraction of sp³-hybridized carbons (Fsp3) is 0.133. The van der Waals surface area contributed by atoms with Gasteiger partial charge in [0.25, 0.3) is 0 Å². The lowest BCUT2D eigenvalue weighted by Gasteiger charge is -2.07. The number of hydrogen-bond donors (Lipinski definition) is 0. The molecule has 0 unspecified atom stereocenters. The zero-order valence-corrected chi connectivity index (χ0v) is 12.8. The Kier molecular flexibility index (Phi) is 3.53. The highest BCUT2D eigenvalue weighted by Crippen LogP contribution is 2.32. The van der Waals surface area contributed by atoms with Crippen LogP contribution in [0.25, 0.3) is 10.2 Å². The number of ether oxygens (including phenoxy) is 1. The van der Waals surface area contributed by atoms with Crippen molar-refractivity contribution in [3.05, 3.63) is 57.5 Å². The molecule has 0 spiro atoms. The van der Waals surface area contributed by atoms with Crippen molar-refractivity contribution in [2.24, 2.45) is 0 Å². The second-order valence-corrected chi connectivity index (χ2v) is 6.35. The first-order valence-electron chi connectivity index (χ1n) is 5.96. The Hall–Kier alpha value is -1.39. The van der Waals surface area contributed by atoms with Gasteiger partial charge in [0.1, 0.15) is 12.4 Å². The third kappa shape index (κ3) is 2.80. The van der Waals surface area contributed by atoms with E-state index in [0.29, 0.717) is 6.61 Å². The summed E-state index contributed by atoms with van der Waals surface area (Å²) in [7, 11) is 0. The zero-order valence-electron chi connectivity index (χ0n) is 10.4. The average molecular weight is 334 g/mol. The standard InChI is InChI=1S/C15H12BrNOS/c1-10-17-15-13(16)7-12(8-14(15)19-10)18-9-11-5-3-2-4-6-11/h2-8H,9H2,1H3. The Morgan fingerprint density at radius 2 is 2.00 bits per heavy atom. The highest BCUT2D eigenvalue weighted by molar-refractivity contribution is 9.10. The molecule has 0 saturated carbocycles. The van der Waals surface area contributed by atoms with Gasteiger partial charge in [0.15, 0.2) is 0 Å². The minimum atomic E-state index is 0.580. The van der Waals surface area contributed by atoms with E-state index < -0.39 is 0 Å². The molecule has 0 aliphatic rings. The average Bonchev–Trinajstić information content (AvgIpc) is 2.79. The minimum Gasteiger partial charge on any atom is -0.489 e. The molecule has 3 rings (SSSR count). The smallest absolute Gasteiger partial charge is 0.122 e. The molecule has 0 radical (unpaired) electrons. The molecule has 0 N–H and O–H groups in total. The molecule has 19 heavy (non-hydrogen) atoms. The van der Waals surface area contributed by atoms with Gasteiger partial charge in [-0.3, -0.25) is 0 Å². The molecule has 3 aromatic rings. The molecule has 4 heteroatoms. The summed E-state index contributed by atoms with van der Waals surface area (Å²) >= 11 is 5.23. The lowest BCUT2D eigenvalue weighted by molar-refractivity contribution is 0.306. The SMILES string of the molecule is Cc1nc2c(Br)cc(OCc3ccccc3)cc2s1. The van der Waals surface area contributed by atoms with Crippen molar-refractivity contribution in [2.75, 3.05) is 0 Å². The summed E-state index contributed by atoms with van der Waals surface area (Å²) in [6.45, 7) is 2.60. The maximum Gasteiger partial charge on any atom is 0.122 e. The number of aromatic nitrogens is 1. The van der Waals surface area contributed by atoms with Gasteiger partial charge in [0.05, 0.1) is 15.2 Å². The second kappa shape index (κ2) is 5.31. The van der Waals surface area contributed by atoms with Crippen LogP contribution in [0.15, 0.2) is 46.9 Å². The van der Waals surface area contributed by atoms with Crippen LogP contribution in [0.1, 0.15) is 10.6 Å². The first kappa shape index (κ1) is 12.6. The first-order chi connectivity index (χ1) is 9.22. The van der Waals surface area contributed by atoms with Crippen LogP contribution in [-0.4, -0.2) is 4.98 Å². The molecule has 0 bridgehead atoms. The van der Waals surface area contributed by atoms with Crippen LogP contribution in [-0.2, 0) is 6.61 Å². The number of benzene rings is 2. The van der Waals surface area contributed by atoms with E-state index in [1.54, 1.807) is 11.3 Å². The molecule has 2 nitrogen and oxygen atoms in total. The largest absolute Gasteiger partial charge is 0.489 e. The van der Waals surface area contributed by atoms with Crippen LogP contribution < -0.4 is 4.74 Å². The van der Waals surface area contributed by atoms with Gasteiger partial charge in [0.2, 0.25) is 0 Å². The monoisotopic (exact) mass is 333 g/mol. The van der Waals surface area contributed by atoms with Gasteiger partial charge < -0.3 is 4.74 Å². The number of halogens is 1. The van der Waals surface area contributed by atoms with Crippen LogP contribution in [0.5, 0.6) is 5.75 Å². The van der Waals surface area contributed by atoms with Crippen LogP contribution in [0.2, 0.25) is 0 Å². The number of fused-ring (bicyclic) bond motifs is 1. The van der Waals surface area contributed by atoms with E-state index >= 15 is 0 Å². The fourth-order valence-electron chi connectivity index (χ4n) is 1.90. The van der Waals surface area contributed by atoms with Crippen molar-refractivity contribution in [1.29, 1.82) is 0 Å². The topological polar surface area (TPSA) is 22.1 Å². The first-order valence-corrected chi connectivity index (χ1v) is 7.57. The highest BCUT2D eigenvalue weighted by atomic mass is 79.9. The molecule has 0 fully saturated rings. The van der Waals surface area contributed by atoms with E-state index in [0.717, 1.165) is 25.4 Å². The Balaban J connectivity index is 1.85. The number of nitrogens with zero attached hydrogens (tertiary/aromatic N) is 1. The number of rotatable bonds is 3. The van der Waals surface area contributed by atoms with Gasteiger partial charge >= 0.3 is 0 Å². The predicted octanol–water partition coefficient (Wildman–Crippen LogP) is 4.95. The summed E-state index contributed by atoms with van der Waals surface area (Å²) in [6.07, 6.45) is 0. The van der Waals surface area contributed by atoms with Crippen LogP contribution in [0.4, 0.5) is 0 Å². The maximum atomic E-state index is 5.84. The number of thiazole rings is 1. The van der Waals surface area contributed by atoms with Gasteiger partial charge in [-0.25, -0.2) is 4.98 Å². The Labute approximate surface area is 124 Å². The van der Waals surface area contributed by atoms with Gasteiger partial charge in [-0.2, -0.15) is 0 Å². The van der Waals surface area contributed by atoms with Crippen molar-refractivity contribution in [1.82, 2.24) is 4.98 Å². The summed E-state index contributed by atoms with van der Waals surface area (Å²) in [5, 5.41) is 1.07. The number of hydrogen-bond acceptors (Lipinski definition) is 3. The fourth-order valence-corrected chi connectivity index (χ4v) is 3.44. The third-order valence-corrected chi connectivity index (χ3v) is 4.30. The Bertz CT molecular complexity index is 709. The van der Waals surface area contributed by atoms with Crippen molar-refractivity contribution in [2.45, 2.75) is 13.5 Å². The van der Waals surface area contributed by atoms with E-state index in [2.05, 4.69) is 33.0 Å². The molecule has 1 heterocycles. The minimum absolute atomic E-state index is 0.580. The molecule has 0 aliphatic heterocycles. The molecule has 0 atom stereocenters. The van der Waals surface area contributed by atoms with Crippen molar-refractivity contribution < 1.29 is 4.74 Å². The van der Waals surface area contributed by atoms with Crippen molar-refractivity contribution in [3.63, 3.8) is 0 Å². The molecule has 0 amide bonds. The highest BCUT2D eigenvalue weighted by Gasteiger charge is 2.07. The molecule has 2 aromatic carbocycles. The predicted molar refractivity (Wildman–Crippen MR) is 82.8 cm³/mol. The molecule has 96 valence electrons. The van der Waals surface area contributed by atoms with Crippen LogP contribution in [0, 0.1) is 6.92 Å². The summed E-state index contributed by atoms with van der Waals surface area (Å²) in [5.74, 6) is 0.867. The summed E-state index contributed by atoms with van der Waals surface area (Å²) < 4.78 is 7.97. The van der Waals surface area contributed by atoms with E-state index in [9.17, 15) is 0 Å². The number of aryl methyl sites for hydroxylation is 1. The van der Waals surface area contributed by atoms with Gasteiger partial charge in [-0.1, -0.05) is 30.3 Å². The third-order valence-electron chi connectivity index (χ3n) is 2.78. The van der Waals surface area contributed by atoms with Gasteiger partial charge in [-0.15, -0.1) is 11.3 Å². The lowest BCUT2D eigenvalue weighted by atomic mass is 10.2. The van der Waals surface area contributed by atoms with E-state index in [1.165, 1.54) is 5.56 Å². The zero-order chi connectivity index (χ0) is 13.2. The Morgan fingerprint density at radius 3 is 2.79 bits per heavy atom. The lowest BCUT2D eigenvalue weighted by Crippen LogP contribution is -1.94. The molecule has 0 saturated heterocycles. The van der Waals surface area contributed by atoms with Crippen molar-refractivity contribution >= 4 is 37.5 Å². The molecule has 0 aliphatic carbocycles. The van der Waals surface area contributed by atoms with Crippen molar-refractivity contribution in [3.8, 4) is 5.75 Å². The quantitative estimate of drug-likeness (QED) is 0.676. The van der Waals surface area contributed by atoms with E-state index in [1.807, 2.05) is 37.3 Å². The van der Waals surface area contributed by atoms with E-state index in [4.69, 9.17) is 4.74 Å². The van der Waals surface area contributed by atoms with Gasteiger partial charge in [0, 0.05) is 4.47 Å². The normalized spacial score (nSPS) is 10.8. The molecular formula is C15H12BrNOS. The van der Waals surface area contributed by atoms with E-state index in [-0.39, 0.29) is 0 Å². The summed E-state index contributed by atoms with van der Waals surface area (Å²) in [6, 6.07) is 14.2.